The van der Waals surface area contributed by atoms with Crippen molar-refractivity contribution in [2.24, 2.45) is 0 Å². The molecule has 0 amide bonds. The number of unbranched alkanes of at least 4 members (excludes halogenated alkanes) is 7. The molecule has 0 aromatic heterocycles. The molecule has 0 aliphatic carbocycles. The van der Waals surface area contributed by atoms with Crippen LogP contribution in [-0.2, 0) is 38.0 Å². The molecule has 2 aliphatic heterocycles. The van der Waals surface area contributed by atoms with Gasteiger partial charge < -0.3 is 64.2 Å². The first-order chi connectivity index (χ1) is 32.0. The Labute approximate surface area is 393 Å². The van der Waals surface area contributed by atoms with E-state index in [9.17, 15) is 45.3 Å². The Balaban J connectivity index is 1.87. The van der Waals surface area contributed by atoms with Crippen LogP contribution in [0.1, 0.15) is 129 Å². The summed E-state index contributed by atoms with van der Waals surface area (Å²) in [4.78, 5) is 25.6. The summed E-state index contributed by atoms with van der Waals surface area (Å²) >= 11 is 0. The monoisotopic (exact) mass is 935 g/mol. The minimum Gasteiger partial charge on any atom is -0.462 e. The molecule has 11 atom stereocenters. The predicted molar refractivity (Wildman–Crippen MR) is 252 cm³/mol. The average Bonchev–Trinajstić information content (AvgIpc) is 3.31. The number of aliphatic hydroxyl groups excluding tert-OH is 7. The summed E-state index contributed by atoms with van der Waals surface area (Å²) in [6, 6.07) is 0. The Bertz CT molecular complexity index is 1470. The quantitative estimate of drug-likeness (QED) is 0.0218. The van der Waals surface area contributed by atoms with Crippen molar-refractivity contribution in [1.29, 1.82) is 0 Å². The number of rotatable bonds is 35. The smallest absolute Gasteiger partial charge is 0.306 e. The molecule has 0 spiro atoms. The van der Waals surface area contributed by atoms with Crippen molar-refractivity contribution < 1.29 is 73.8 Å². The fourth-order valence-electron chi connectivity index (χ4n) is 6.87. The molecule has 2 fully saturated rings. The lowest BCUT2D eigenvalue weighted by Gasteiger charge is -2.42. The first-order valence-electron chi connectivity index (χ1n) is 24.2. The van der Waals surface area contributed by atoms with Gasteiger partial charge in [0.2, 0.25) is 0 Å². The summed E-state index contributed by atoms with van der Waals surface area (Å²) in [5.41, 5.74) is 0. The maximum absolute atomic E-state index is 12.9. The lowest BCUT2D eigenvalue weighted by atomic mass is 9.98. The van der Waals surface area contributed by atoms with Gasteiger partial charge in [0.1, 0.15) is 55.4 Å². The van der Waals surface area contributed by atoms with E-state index in [1.165, 1.54) is 12.8 Å². The van der Waals surface area contributed by atoms with E-state index in [0.717, 1.165) is 70.6 Å². The Kier molecular flexibility index (Phi) is 33.5. The molecule has 7 N–H and O–H groups in total. The van der Waals surface area contributed by atoms with Crippen LogP contribution < -0.4 is 0 Å². The predicted octanol–water partition coefficient (Wildman–Crippen LogP) is 6.04. The van der Waals surface area contributed by atoms with Crippen molar-refractivity contribution in [3.8, 4) is 0 Å². The first kappa shape index (κ1) is 58.8. The fraction of sp³-hybridized carbons (Fsp3) is 0.686. The summed E-state index contributed by atoms with van der Waals surface area (Å²) in [5, 5.41) is 71.9. The van der Waals surface area contributed by atoms with Crippen molar-refractivity contribution in [3.05, 3.63) is 85.1 Å². The molecule has 0 saturated carbocycles. The number of ether oxygens (including phenoxy) is 6. The van der Waals surface area contributed by atoms with Crippen LogP contribution in [0, 0.1) is 0 Å². The van der Waals surface area contributed by atoms with Crippen LogP contribution in [0.25, 0.3) is 0 Å². The number of aliphatic hydroxyl groups is 7. The van der Waals surface area contributed by atoms with Crippen molar-refractivity contribution in [3.63, 3.8) is 0 Å². The Morgan fingerprint density at radius 2 is 0.985 bits per heavy atom. The number of hydrogen-bond acceptors (Lipinski definition) is 15. The molecule has 4 unspecified atom stereocenters. The van der Waals surface area contributed by atoms with Crippen molar-refractivity contribution >= 4 is 11.9 Å². The molecule has 0 bridgehead atoms. The molecule has 2 heterocycles. The van der Waals surface area contributed by atoms with Gasteiger partial charge in [-0.3, -0.25) is 9.59 Å². The zero-order chi connectivity index (χ0) is 48.2. The number of allylic oxidation sites excluding steroid dienone is 14. The van der Waals surface area contributed by atoms with Crippen molar-refractivity contribution in [1.82, 2.24) is 0 Å². The number of hydrogen-bond donors (Lipinski definition) is 7. The third-order valence-electron chi connectivity index (χ3n) is 10.9. The van der Waals surface area contributed by atoms with Gasteiger partial charge in [-0.15, -0.1) is 0 Å². The van der Waals surface area contributed by atoms with Crippen LogP contribution in [-0.4, -0.2) is 142 Å². The van der Waals surface area contributed by atoms with E-state index in [2.05, 4.69) is 80.7 Å². The highest BCUT2D eigenvalue weighted by Gasteiger charge is 2.47. The van der Waals surface area contributed by atoms with Gasteiger partial charge in [-0.1, -0.05) is 131 Å². The van der Waals surface area contributed by atoms with Crippen LogP contribution in [0.5, 0.6) is 0 Å². The molecule has 0 radical (unpaired) electrons. The summed E-state index contributed by atoms with van der Waals surface area (Å²) in [6.45, 7) is 2.31. The standard InChI is InChI=1S/C51H82O15/c1-3-5-7-9-11-13-15-16-17-18-19-20-21-22-24-26-28-30-32-34-43(54)64-39(36-61-42(53)33-31-29-27-25-23-14-12-10-8-6-4-2)37-62-50-49(60)47(58)45(56)41(66-50)38-63-51-48(59)46(57)44(55)40(35-52)65-51/h5,7,10-13,16-17,19-20,22,24,28,30,39-41,44-52,55-60H,3-4,6,8-9,14-15,18,21,23,25-27,29,31-38H2,1-2H3/b7-5+,12-10+,13-11+,17-16+,20-19+,24-22+,30-28+/t39-,40+,41+,44-,45-,46?,47?,48?,49?,50+,51+/m1/s1. The zero-order valence-corrected chi connectivity index (χ0v) is 39.4. The van der Waals surface area contributed by atoms with Crippen LogP contribution in [0.3, 0.4) is 0 Å². The van der Waals surface area contributed by atoms with Crippen molar-refractivity contribution in [2.75, 3.05) is 26.4 Å². The van der Waals surface area contributed by atoms with Crippen LogP contribution in [0.2, 0.25) is 0 Å². The minimum atomic E-state index is -1.78. The fourth-order valence-corrected chi connectivity index (χ4v) is 6.87. The van der Waals surface area contributed by atoms with E-state index in [1.54, 1.807) is 0 Å². The topological polar surface area (TPSA) is 231 Å². The molecule has 0 aromatic rings. The van der Waals surface area contributed by atoms with E-state index in [1.807, 2.05) is 18.2 Å². The van der Waals surface area contributed by atoms with Crippen LogP contribution in [0.4, 0.5) is 0 Å². The Hall–Kier alpha value is -3.32. The first-order valence-corrected chi connectivity index (χ1v) is 24.2. The number of carbonyl (C=O) groups is 2. The third-order valence-corrected chi connectivity index (χ3v) is 10.9. The van der Waals surface area contributed by atoms with Gasteiger partial charge in [-0.25, -0.2) is 0 Å². The maximum Gasteiger partial charge on any atom is 0.306 e. The molecule has 2 saturated heterocycles. The highest BCUT2D eigenvalue weighted by Crippen LogP contribution is 2.26. The normalized spacial score (nSPS) is 26.9. The number of esters is 2. The summed E-state index contributed by atoms with van der Waals surface area (Å²) in [5.74, 6) is -1.04. The van der Waals surface area contributed by atoms with Gasteiger partial charge in [0.25, 0.3) is 0 Å². The summed E-state index contributed by atoms with van der Waals surface area (Å²) in [7, 11) is 0. The molecular weight excluding hydrogens is 853 g/mol. The second-order valence-corrected chi connectivity index (χ2v) is 16.5. The second kappa shape index (κ2) is 37.6. The van der Waals surface area contributed by atoms with E-state index < -0.39 is 99.3 Å². The Morgan fingerprint density at radius 1 is 0.500 bits per heavy atom. The maximum atomic E-state index is 12.9. The van der Waals surface area contributed by atoms with E-state index >= 15 is 0 Å². The van der Waals surface area contributed by atoms with Crippen LogP contribution >= 0.6 is 0 Å². The molecule has 0 aromatic carbocycles. The SMILES string of the molecule is CC/C=C/C/C=C/C/C=C/C/C=C/C/C=C/C/C=C/CCC(=O)O[C@H](COC(=O)CCCCCCC/C=C/CCCC)CO[C@H]1O[C@@H](CO[C@H]2O[C@@H](CO)[C@@H](O)C(O)C2O)[C@@H](O)C(O)C1O. The van der Waals surface area contributed by atoms with Gasteiger partial charge in [-0.2, -0.15) is 0 Å². The largest absolute Gasteiger partial charge is 0.462 e. The van der Waals surface area contributed by atoms with E-state index in [0.29, 0.717) is 19.3 Å². The van der Waals surface area contributed by atoms with Gasteiger partial charge in [0.05, 0.1) is 19.8 Å². The summed E-state index contributed by atoms with van der Waals surface area (Å²) < 4.78 is 33.4. The van der Waals surface area contributed by atoms with Gasteiger partial charge in [-0.05, 0) is 70.6 Å². The molecule has 376 valence electrons. The van der Waals surface area contributed by atoms with E-state index in [4.69, 9.17) is 28.4 Å². The average molecular weight is 935 g/mol. The molecule has 2 aliphatic rings. The third kappa shape index (κ3) is 25.7. The second-order valence-electron chi connectivity index (χ2n) is 16.5. The lowest BCUT2D eigenvalue weighted by molar-refractivity contribution is -0.332. The zero-order valence-electron chi connectivity index (χ0n) is 39.4. The molecule has 15 nitrogen and oxygen atoms in total. The minimum absolute atomic E-state index is 0.0337. The van der Waals surface area contributed by atoms with Crippen LogP contribution in [0.15, 0.2) is 85.1 Å². The lowest BCUT2D eigenvalue weighted by Crippen LogP contribution is -2.61. The van der Waals surface area contributed by atoms with E-state index in [-0.39, 0.29) is 19.4 Å². The summed E-state index contributed by atoms with van der Waals surface area (Å²) in [6.07, 6.45) is 27.8. The highest BCUT2D eigenvalue weighted by molar-refractivity contribution is 5.70. The van der Waals surface area contributed by atoms with Gasteiger partial charge >= 0.3 is 11.9 Å². The molecule has 66 heavy (non-hydrogen) atoms. The number of carbonyl (C=O) groups excluding carboxylic acids is 2. The van der Waals surface area contributed by atoms with Crippen molar-refractivity contribution in [2.45, 2.75) is 197 Å². The Morgan fingerprint density at radius 3 is 1.56 bits per heavy atom. The van der Waals surface area contributed by atoms with Gasteiger partial charge in [0, 0.05) is 12.8 Å². The van der Waals surface area contributed by atoms with Gasteiger partial charge in [0.15, 0.2) is 18.7 Å². The molecule has 15 heteroatoms. The molecular formula is C51H82O15. The highest BCUT2D eigenvalue weighted by atomic mass is 16.7. The molecule has 2 rings (SSSR count).